The SMILES string of the molecule is C[C@H](OC(=O)CCc1ccc(C(C)(C)C)cc1)C(=O)NC1CC1. The molecule has 1 aromatic carbocycles. The summed E-state index contributed by atoms with van der Waals surface area (Å²) in [4.78, 5) is 23.6. The quantitative estimate of drug-likeness (QED) is 0.820. The largest absolute Gasteiger partial charge is 0.453 e. The molecule has 0 bridgehead atoms. The molecule has 0 heterocycles. The van der Waals surface area contributed by atoms with Gasteiger partial charge in [-0.15, -0.1) is 0 Å². The standard InChI is InChI=1S/C19H27NO3/c1-13(18(22)20-16-10-11-16)23-17(21)12-7-14-5-8-15(9-6-14)19(2,3)4/h5-6,8-9,13,16H,7,10-12H2,1-4H3,(H,20,22)/t13-/m0/s1. The number of benzene rings is 1. The van der Waals surface area contributed by atoms with E-state index in [1.807, 2.05) is 0 Å². The van der Waals surface area contributed by atoms with Gasteiger partial charge in [-0.1, -0.05) is 45.0 Å². The van der Waals surface area contributed by atoms with E-state index in [2.05, 4.69) is 50.4 Å². The summed E-state index contributed by atoms with van der Waals surface area (Å²) in [5.41, 5.74) is 2.50. The molecule has 0 saturated heterocycles. The number of amides is 1. The lowest BCUT2D eigenvalue weighted by atomic mass is 9.86. The van der Waals surface area contributed by atoms with Crippen molar-refractivity contribution in [1.82, 2.24) is 5.32 Å². The zero-order valence-corrected chi connectivity index (χ0v) is 14.5. The highest BCUT2D eigenvalue weighted by Crippen LogP contribution is 2.22. The van der Waals surface area contributed by atoms with Crippen LogP contribution in [0.25, 0.3) is 0 Å². The summed E-state index contributed by atoms with van der Waals surface area (Å²) in [6, 6.07) is 8.59. The van der Waals surface area contributed by atoms with E-state index in [0.717, 1.165) is 18.4 Å². The maximum absolute atomic E-state index is 11.9. The molecular weight excluding hydrogens is 290 g/mol. The van der Waals surface area contributed by atoms with Crippen LogP contribution >= 0.6 is 0 Å². The fraction of sp³-hybridized carbons (Fsp3) is 0.579. The third-order valence-electron chi connectivity index (χ3n) is 4.04. The van der Waals surface area contributed by atoms with Crippen LogP contribution in [0.1, 0.15) is 58.1 Å². The molecule has 1 aromatic rings. The van der Waals surface area contributed by atoms with Crippen LogP contribution in [-0.2, 0) is 26.2 Å². The first-order valence-corrected chi connectivity index (χ1v) is 8.35. The van der Waals surface area contributed by atoms with Crippen LogP contribution in [0.2, 0.25) is 0 Å². The Morgan fingerprint density at radius 1 is 1.22 bits per heavy atom. The van der Waals surface area contributed by atoms with E-state index in [-0.39, 0.29) is 29.8 Å². The fourth-order valence-electron chi connectivity index (χ4n) is 2.27. The highest BCUT2D eigenvalue weighted by Gasteiger charge is 2.27. The molecule has 4 nitrogen and oxygen atoms in total. The lowest BCUT2D eigenvalue weighted by Gasteiger charge is -2.19. The molecule has 1 amide bonds. The average Bonchev–Trinajstić information content (AvgIpc) is 3.28. The number of carbonyl (C=O) groups is 2. The summed E-state index contributed by atoms with van der Waals surface area (Å²) >= 11 is 0. The molecular formula is C19H27NO3. The predicted molar refractivity (Wildman–Crippen MR) is 90.2 cm³/mol. The highest BCUT2D eigenvalue weighted by molar-refractivity contribution is 5.83. The van der Waals surface area contributed by atoms with E-state index in [1.54, 1.807) is 6.92 Å². The summed E-state index contributed by atoms with van der Waals surface area (Å²) in [5, 5.41) is 2.84. The lowest BCUT2D eigenvalue weighted by Crippen LogP contribution is -2.37. The Labute approximate surface area is 138 Å². The third kappa shape index (κ3) is 5.70. The molecule has 2 rings (SSSR count). The Bertz CT molecular complexity index is 553. The van der Waals surface area contributed by atoms with Crippen LogP contribution in [0.3, 0.4) is 0 Å². The van der Waals surface area contributed by atoms with Gasteiger partial charge >= 0.3 is 5.97 Å². The summed E-state index contributed by atoms with van der Waals surface area (Å²) in [6.07, 6.45) is 2.25. The molecule has 1 aliphatic carbocycles. The number of carbonyl (C=O) groups excluding carboxylic acids is 2. The minimum atomic E-state index is -0.716. The average molecular weight is 317 g/mol. The Hall–Kier alpha value is -1.84. The van der Waals surface area contributed by atoms with E-state index in [1.165, 1.54) is 5.56 Å². The first kappa shape index (κ1) is 17.5. The van der Waals surface area contributed by atoms with Crippen molar-refractivity contribution in [3.63, 3.8) is 0 Å². The Kier molecular flexibility index (Phi) is 5.45. The van der Waals surface area contributed by atoms with Gasteiger partial charge in [0.05, 0.1) is 0 Å². The van der Waals surface area contributed by atoms with Gasteiger partial charge in [-0.25, -0.2) is 0 Å². The molecule has 0 aliphatic heterocycles. The number of hydrogen-bond donors (Lipinski definition) is 1. The van der Waals surface area contributed by atoms with Gasteiger partial charge in [-0.3, -0.25) is 9.59 Å². The summed E-state index contributed by atoms with van der Waals surface area (Å²) in [5.74, 6) is -0.529. The van der Waals surface area contributed by atoms with E-state index < -0.39 is 6.10 Å². The minimum Gasteiger partial charge on any atom is -0.453 e. The number of esters is 1. The Morgan fingerprint density at radius 2 is 1.83 bits per heavy atom. The Balaban J connectivity index is 1.76. The van der Waals surface area contributed by atoms with Gasteiger partial charge in [0.1, 0.15) is 0 Å². The van der Waals surface area contributed by atoms with Gasteiger partial charge in [0.15, 0.2) is 6.10 Å². The van der Waals surface area contributed by atoms with Crippen LogP contribution in [0.15, 0.2) is 24.3 Å². The van der Waals surface area contributed by atoms with Crippen molar-refractivity contribution in [2.75, 3.05) is 0 Å². The Morgan fingerprint density at radius 3 is 2.35 bits per heavy atom. The smallest absolute Gasteiger partial charge is 0.306 e. The highest BCUT2D eigenvalue weighted by atomic mass is 16.5. The van der Waals surface area contributed by atoms with E-state index in [9.17, 15) is 9.59 Å². The summed E-state index contributed by atoms with van der Waals surface area (Å²) in [6.45, 7) is 8.14. The molecule has 126 valence electrons. The number of hydrogen-bond acceptors (Lipinski definition) is 3. The van der Waals surface area contributed by atoms with Crippen molar-refractivity contribution in [1.29, 1.82) is 0 Å². The first-order chi connectivity index (χ1) is 10.8. The number of rotatable bonds is 6. The minimum absolute atomic E-state index is 0.127. The van der Waals surface area contributed by atoms with Crippen molar-refractivity contribution in [2.24, 2.45) is 0 Å². The molecule has 1 atom stereocenters. The number of ether oxygens (including phenoxy) is 1. The van der Waals surface area contributed by atoms with Crippen molar-refractivity contribution in [3.8, 4) is 0 Å². The zero-order valence-electron chi connectivity index (χ0n) is 14.5. The molecule has 0 radical (unpaired) electrons. The van der Waals surface area contributed by atoms with Gasteiger partial charge < -0.3 is 10.1 Å². The lowest BCUT2D eigenvalue weighted by molar-refractivity contribution is -0.154. The second-order valence-corrected chi connectivity index (χ2v) is 7.36. The molecule has 1 saturated carbocycles. The second kappa shape index (κ2) is 7.16. The molecule has 0 spiro atoms. The molecule has 1 fully saturated rings. The second-order valence-electron chi connectivity index (χ2n) is 7.36. The summed E-state index contributed by atoms with van der Waals surface area (Å²) < 4.78 is 5.19. The van der Waals surface area contributed by atoms with E-state index in [0.29, 0.717) is 6.42 Å². The van der Waals surface area contributed by atoms with Crippen LogP contribution in [0, 0.1) is 0 Å². The van der Waals surface area contributed by atoms with Gasteiger partial charge in [0.2, 0.25) is 0 Å². The molecule has 4 heteroatoms. The molecule has 0 unspecified atom stereocenters. The van der Waals surface area contributed by atoms with Crippen LogP contribution in [0.5, 0.6) is 0 Å². The topological polar surface area (TPSA) is 55.4 Å². The van der Waals surface area contributed by atoms with Crippen molar-refractivity contribution >= 4 is 11.9 Å². The van der Waals surface area contributed by atoms with Crippen molar-refractivity contribution in [2.45, 2.75) is 70.9 Å². The van der Waals surface area contributed by atoms with Crippen molar-refractivity contribution < 1.29 is 14.3 Å². The molecule has 0 aromatic heterocycles. The maximum atomic E-state index is 11.9. The molecule has 23 heavy (non-hydrogen) atoms. The van der Waals surface area contributed by atoms with Crippen LogP contribution in [0.4, 0.5) is 0 Å². The van der Waals surface area contributed by atoms with Crippen molar-refractivity contribution in [3.05, 3.63) is 35.4 Å². The van der Waals surface area contributed by atoms with Crippen LogP contribution < -0.4 is 5.32 Å². The predicted octanol–water partition coefficient (Wildman–Crippen LogP) is 3.13. The normalized spacial score (nSPS) is 15.8. The van der Waals surface area contributed by atoms with Gasteiger partial charge in [0.25, 0.3) is 5.91 Å². The number of aryl methyl sites for hydroxylation is 1. The fourth-order valence-corrected chi connectivity index (χ4v) is 2.27. The van der Waals surface area contributed by atoms with Gasteiger partial charge in [0, 0.05) is 12.5 Å². The number of nitrogens with one attached hydrogen (secondary N) is 1. The van der Waals surface area contributed by atoms with Crippen LogP contribution in [-0.4, -0.2) is 24.0 Å². The monoisotopic (exact) mass is 317 g/mol. The maximum Gasteiger partial charge on any atom is 0.306 e. The third-order valence-corrected chi connectivity index (χ3v) is 4.04. The zero-order chi connectivity index (χ0) is 17.0. The molecule has 1 N–H and O–H groups in total. The van der Waals surface area contributed by atoms with Gasteiger partial charge in [-0.05, 0) is 42.7 Å². The van der Waals surface area contributed by atoms with Gasteiger partial charge in [-0.2, -0.15) is 0 Å². The summed E-state index contributed by atoms with van der Waals surface area (Å²) in [7, 11) is 0. The van der Waals surface area contributed by atoms with E-state index in [4.69, 9.17) is 4.74 Å². The van der Waals surface area contributed by atoms with E-state index >= 15 is 0 Å². The first-order valence-electron chi connectivity index (χ1n) is 8.35. The molecule has 1 aliphatic rings.